The second kappa shape index (κ2) is 5.17. The normalized spacial score (nSPS) is 28.9. The number of hydrogen-bond acceptors (Lipinski definition) is 2. The van der Waals surface area contributed by atoms with Crippen molar-refractivity contribution in [1.82, 2.24) is 4.90 Å². The minimum absolute atomic E-state index is 0.292. The van der Waals surface area contributed by atoms with Crippen LogP contribution in [0, 0.1) is 5.92 Å². The molecule has 1 heterocycles. The van der Waals surface area contributed by atoms with Crippen molar-refractivity contribution in [3.8, 4) is 0 Å². The van der Waals surface area contributed by atoms with Gasteiger partial charge in [-0.05, 0) is 38.6 Å². The van der Waals surface area contributed by atoms with Crippen molar-refractivity contribution in [2.24, 2.45) is 5.92 Å². The van der Waals surface area contributed by atoms with E-state index in [4.69, 9.17) is 5.11 Å². The summed E-state index contributed by atoms with van der Waals surface area (Å²) in [5.41, 5.74) is 0. The first-order valence-electron chi connectivity index (χ1n) is 6.64. The van der Waals surface area contributed by atoms with Gasteiger partial charge in [0.05, 0.1) is 6.42 Å². The van der Waals surface area contributed by atoms with E-state index in [1.807, 2.05) is 0 Å². The molecule has 1 N–H and O–H groups in total. The summed E-state index contributed by atoms with van der Waals surface area (Å²) in [6, 6.07) is 0.872. The van der Waals surface area contributed by atoms with Gasteiger partial charge in [-0.2, -0.15) is 0 Å². The molecule has 0 aromatic carbocycles. The van der Waals surface area contributed by atoms with Gasteiger partial charge in [0, 0.05) is 12.1 Å². The number of rotatable bonds is 5. The summed E-state index contributed by atoms with van der Waals surface area (Å²) in [5.74, 6) is 0.290. The van der Waals surface area contributed by atoms with Crippen molar-refractivity contribution in [3.63, 3.8) is 0 Å². The molecule has 2 aliphatic rings. The van der Waals surface area contributed by atoms with E-state index in [0.717, 1.165) is 18.9 Å². The minimum Gasteiger partial charge on any atom is -0.481 e. The Morgan fingerprint density at radius 1 is 1.38 bits per heavy atom. The van der Waals surface area contributed by atoms with Crippen molar-refractivity contribution in [2.75, 3.05) is 6.54 Å². The average molecular weight is 225 g/mol. The molecule has 16 heavy (non-hydrogen) atoms. The van der Waals surface area contributed by atoms with Crippen LogP contribution in [0.5, 0.6) is 0 Å². The minimum atomic E-state index is -0.643. The summed E-state index contributed by atoms with van der Waals surface area (Å²) in [4.78, 5) is 13.3. The Hall–Kier alpha value is -0.570. The monoisotopic (exact) mass is 225 g/mol. The molecule has 2 unspecified atom stereocenters. The Balaban J connectivity index is 1.88. The van der Waals surface area contributed by atoms with E-state index in [0.29, 0.717) is 18.5 Å². The topological polar surface area (TPSA) is 40.5 Å². The van der Waals surface area contributed by atoms with E-state index >= 15 is 0 Å². The highest BCUT2D eigenvalue weighted by molar-refractivity contribution is 5.67. The molecular formula is C13H23NO2. The van der Waals surface area contributed by atoms with Crippen molar-refractivity contribution in [1.29, 1.82) is 0 Å². The van der Waals surface area contributed by atoms with Crippen molar-refractivity contribution in [3.05, 3.63) is 0 Å². The molecule has 0 amide bonds. The number of hydrogen-bond donors (Lipinski definition) is 1. The molecule has 0 aromatic rings. The molecule has 2 atom stereocenters. The third-order valence-corrected chi connectivity index (χ3v) is 4.02. The fourth-order valence-corrected chi connectivity index (χ4v) is 3.00. The highest BCUT2D eigenvalue weighted by Crippen LogP contribution is 2.36. The fourth-order valence-electron chi connectivity index (χ4n) is 3.00. The number of piperidine rings is 1. The number of carbonyl (C=O) groups is 1. The number of nitrogens with zero attached hydrogens (tertiary/aromatic N) is 1. The summed E-state index contributed by atoms with van der Waals surface area (Å²) < 4.78 is 0. The van der Waals surface area contributed by atoms with Crippen LogP contribution in [0.3, 0.4) is 0 Å². The molecule has 0 spiro atoms. The summed E-state index contributed by atoms with van der Waals surface area (Å²) in [6.07, 6.45) is 7.89. The Bertz CT molecular complexity index is 250. The number of aliphatic carboxylic acids is 1. The lowest BCUT2D eigenvalue weighted by atomic mass is 9.96. The van der Waals surface area contributed by atoms with Gasteiger partial charge in [0.2, 0.25) is 0 Å². The van der Waals surface area contributed by atoms with Crippen LogP contribution in [0.1, 0.15) is 51.9 Å². The summed E-state index contributed by atoms with van der Waals surface area (Å²) in [5, 5.41) is 8.93. The zero-order valence-corrected chi connectivity index (χ0v) is 10.2. The first-order valence-corrected chi connectivity index (χ1v) is 6.64. The predicted octanol–water partition coefficient (Wildman–Crippen LogP) is 2.50. The van der Waals surface area contributed by atoms with E-state index in [2.05, 4.69) is 11.8 Å². The van der Waals surface area contributed by atoms with Gasteiger partial charge in [0.1, 0.15) is 0 Å². The van der Waals surface area contributed by atoms with Gasteiger partial charge >= 0.3 is 5.97 Å². The van der Waals surface area contributed by atoms with Gasteiger partial charge < -0.3 is 5.11 Å². The summed E-state index contributed by atoms with van der Waals surface area (Å²) >= 11 is 0. The van der Waals surface area contributed by atoms with Gasteiger partial charge in [-0.1, -0.05) is 19.3 Å². The summed E-state index contributed by atoms with van der Waals surface area (Å²) in [7, 11) is 0. The van der Waals surface area contributed by atoms with Crippen molar-refractivity contribution < 1.29 is 9.90 Å². The van der Waals surface area contributed by atoms with Gasteiger partial charge in [0.15, 0.2) is 0 Å². The molecule has 1 saturated carbocycles. The number of carboxylic acid groups (broad SMARTS) is 1. The molecule has 3 nitrogen and oxygen atoms in total. The second-order valence-corrected chi connectivity index (χ2v) is 5.51. The Kier molecular flexibility index (Phi) is 3.85. The first kappa shape index (κ1) is 11.9. The van der Waals surface area contributed by atoms with Crippen LogP contribution >= 0.6 is 0 Å². The van der Waals surface area contributed by atoms with E-state index in [-0.39, 0.29) is 0 Å². The first-order chi connectivity index (χ1) is 7.66. The Morgan fingerprint density at radius 3 is 2.75 bits per heavy atom. The lowest BCUT2D eigenvalue weighted by Crippen LogP contribution is -2.46. The van der Waals surface area contributed by atoms with E-state index < -0.39 is 5.97 Å². The molecule has 1 aliphatic heterocycles. The molecule has 0 radical (unpaired) electrons. The van der Waals surface area contributed by atoms with Crippen molar-refractivity contribution in [2.45, 2.75) is 64.0 Å². The highest BCUT2D eigenvalue weighted by Gasteiger charge is 2.31. The maximum Gasteiger partial charge on any atom is 0.304 e. The van der Waals surface area contributed by atoms with Crippen molar-refractivity contribution >= 4 is 5.97 Å². The van der Waals surface area contributed by atoms with Gasteiger partial charge in [-0.3, -0.25) is 9.69 Å². The standard InChI is InChI=1S/C13H23NO2/c1-10(8-11-5-6-11)14-7-3-2-4-12(14)9-13(15)16/h10-12H,2-9H2,1H3,(H,15,16). The number of carboxylic acids is 1. The third kappa shape index (κ3) is 3.21. The SMILES string of the molecule is CC(CC1CC1)N1CCCCC1CC(=O)O. The lowest BCUT2D eigenvalue weighted by molar-refractivity contribution is -0.139. The maximum atomic E-state index is 10.8. The molecule has 0 bridgehead atoms. The molecule has 92 valence electrons. The molecule has 1 aliphatic carbocycles. The zero-order valence-electron chi connectivity index (χ0n) is 10.2. The van der Waals surface area contributed by atoms with E-state index in [1.165, 1.54) is 32.1 Å². The molecular weight excluding hydrogens is 202 g/mol. The van der Waals surface area contributed by atoms with Crippen LogP contribution in [0.15, 0.2) is 0 Å². The second-order valence-electron chi connectivity index (χ2n) is 5.51. The van der Waals surface area contributed by atoms with Gasteiger partial charge in [-0.15, -0.1) is 0 Å². The third-order valence-electron chi connectivity index (χ3n) is 4.02. The lowest BCUT2D eigenvalue weighted by Gasteiger charge is -2.39. The molecule has 3 heteroatoms. The largest absolute Gasteiger partial charge is 0.481 e. The van der Waals surface area contributed by atoms with E-state index in [9.17, 15) is 4.79 Å². The van der Waals surface area contributed by atoms with Gasteiger partial charge in [0.25, 0.3) is 0 Å². The Labute approximate surface area is 97.8 Å². The van der Waals surface area contributed by atoms with Crippen LogP contribution < -0.4 is 0 Å². The molecule has 1 saturated heterocycles. The van der Waals surface area contributed by atoms with Gasteiger partial charge in [-0.25, -0.2) is 0 Å². The smallest absolute Gasteiger partial charge is 0.304 e. The fraction of sp³-hybridized carbons (Fsp3) is 0.923. The number of likely N-dealkylation sites (tertiary alicyclic amines) is 1. The van der Waals surface area contributed by atoms with Crippen LogP contribution in [-0.2, 0) is 4.79 Å². The van der Waals surface area contributed by atoms with Crippen LogP contribution in [0.4, 0.5) is 0 Å². The summed E-state index contributed by atoms with van der Waals surface area (Å²) in [6.45, 7) is 3.38. The van der Waals surface area contributed by atoms with Crippen LogP contribution in [-0.4, -0.2) is 34.6 Å². The Morgan fingerprint density at radius 2 is 2.12 bits per heavy atom. The average Bonchev–Trinajstić information content (AvgIpc) is 3.01. The zero-order chi connectivity index (χ0) is 11.5. The maximum absolute atomic E-state index is 10.8. The molecule has 0 aromatic heterocycles. The predicted molar refractivity (Wildman–Crippen MR) is 63.4 cm³/mol. The molecule has 2 fully saturated rings. The molecule has 2 rings (SSSR count). The van der Waals surface area contributed by atoms with E-state index in [1.54, 1.807) is 0 Å². The highest BCUT2D eigenvalue weighted by atomic mass is 16.4. The quantitative estimate of drug-likeness (QED) is 0.781. The van der Waals surface area contributed by atoms with Crippen LogP contribution in [0.25, 0.3) is 0 Å². The van der Waals surface area contributed by atoms with Crippen LogP contribution in [0.2, 0.25) is 0 Å².